The zero-order chi connectivity index (χ0) is 18.8. The van der Waals surface area contributed by atoms with Gasteiger partial charge in [-0.1, -0.05) is 90.9 Å². The van der Waals surface area contributed by atoms with Gasteiger partial charge in [0, 0.05) is 6.42 Å². The Morgan fingerprint density at radius 2 is 0.920 bits per heavy atom. The van der Waals surface area contributed by atoms with Gasteiger partial charge >= 0.3 is 0 Å². The Morgan fingerprint density at radius 1 is 0.560 bits per heavy atom. The van der Waals surface area contributed by atoms with Crippen molar-refractivity contribution in [2.24, 2.45) is 0 Å². The van der Waals surface area contributed by atoms with Crippen LogP contribution < -0.4 is 0 Å². The Labute approximate surface area is 160 Å². The minimum absolute atomic E-state index is 0.169. The minimum atomic E-state index is -0.169. The second-order valence-corrected chi connectivity index (χ2v) is 8.06. The largest absolute Gasteiger partial charge is 0.345 e. The Bertz CT molecular complexity index is 263. The van der Waals surface area contributed by atoms with Gasteiger partial charge in [-0.25, -0.2) is 0 Å². The Balaban J connectivity index is 3.46. The molecule has 152 valence electrons. The molecule has 0 saturated heterocycles. The third-order valence-electron chi connectivity index (χ3n) is 6.21. The zero-order valence-electron chi connectivity index (χ0n) is 18.2. The van der Waals surface area contributed by atoms with Gasteiger partial charge < -0.3 is 5.11 Å². The Morgan fingerprint density at radius 3 is 1.24 bits per heavy atom. The summed E-state index contributed by atoms with van der Waals surface area (Å²) >= 11 is 0. The lowest BCUT2D eigenvalue weighted by Gasteiger charge is -2.40. The van der Waals surface area contributed by atoms with Crippen LogP contribution >= 0.6 is 0 Å². The van der Waals surface area contributed by atoms with Crippen molar-refractivity contribution in [1.29, 1.82) is 0 Å². The number of hydrogen-bond donors (Lipinski definition) is 1. The number of unbranched alkanes of at least 4 members (excludes halogenated alkanes) is 13. The van der Waals surface area contributed by atoms with Crippen LogP contribution in [0.3, 0.4) is 0 Å². The average molecular weight is 357 g/mol. The molecule has 1 N–H and O–H groups in total. The molecule has 0 aliphatic heterocycles. The van der Waals surface area contributed by atoms with E-state index in [4.69, 9.17) is 0 Å². The fourth-order valence-electron chi connectivity index (χ4n) is 4.12. The first-order chi connectivity index (χ1) is 12.2. The molecule has 2 heteroatoms. The van der Waals surface area contributed by atoms with Crippen molar-refractivity contribution in [1.82, 2.24) is 0 Å². The molecule has 2 nitrogen and oxygen atoms in total. The summed E-state index contributed by atoms with van der Waals surface area (Å²) in [7, 11) is 0. The van der Waals surface area contributed by atoms with Crippen LogP contribution in [0.5, 0.6) is 0 Å². The molecule has 0 bridgehead atoms. The van der Waals surface area contributed by atoms with Gasteiger partial charge in [-0.15, -0.1) is 0 Å². The molecule has 25 heavy (non-hydrogen) atoms. The molecule has 1 unspecified atom stereocenters. The molecule has 0 fully saturated rings. The average Bonchev–Trinajstić information content (AvgIpc) is 2.65. The van der Waals surface area contributed by atoms with Crippen LogP contribution in [0.15, 0.2) is 0 Å². The summed E-state index contributed by atoms with van der Waals surface area (Å²) in [5, 5.41) is 10.3. The van der Waals surface area contributed by atoms with Crippen molar-refractivity contribution < 1.29 is 9.59 Å². The van der Waals surface area contributed by atoms with Crippen molar-refractivity contribution in [3.63, 3.8) is 0 Å². The van der Waals surface area contributed by atoms with Crippen LogP contribution in [0.25, 0.3) is 0 Å². The molecule has 1 atom stereocenters. The van der Waals surface area contributed by atoms with Gasteiger partial charge in [-0.3, -0.25) is 4.48 Å². The smallest absolute Gasteiger partial charge is 0.190 e. The zero-order valence-corrected chi connectivity index (χ0v) is 18.2. The quantitative estimate of drug-likeness (QED) is 0.149. The normalized spacial score (nSPS) is 13.3. The van der Waals surface area contributed by atoms with Crippen LogP contribution in [0.2, 0.25) is 0 Å². The number of aliphatic hydroxyl groups excluding tert-OH is 1. The molecular formula is C23H50NO+. The molecule has 0 aromatic carbocycles. The van der Waals surface area contributed by atoms with E-state index < -0.39 is 0 Å². The topological polar surface area (TPSA) is 20.2 Å². The number of hydrogen-bond acceptors (Lipinski definition) is 1. The highest BCUT2D eigenvalue weighted by molar-refractivity contribution is 4.51. The monoisotopic (exact) mass is 356 g/mol. The molecular weight excluding hydrogens is 306 g/mol. The molecule has 0 amide bonds. The van der Waals surface area contributed by atoms with Crippen LogP contribution in [0.1, 0.15) is 124 Å². The highest BCUT2D eigenvalue weighted by Gasteiger charge is 2.30. The van der Waals surface area contributed by atoms with Gasteiger partial charge in [-0.05, 0) is 26.7 Å². The van der Waals surface area contributed by atoms with Crippen molar-refractivity contribution in [2.75, 3.05) is 19.6 Å². The second-order valence-electron chi connectivity index (χ2n) is 8.06. The molecule has 0 spiro atoms. The van der Waals surface area contributed by atoms with Gasteiger partial charge in [0.25, 0.3) is 0 Å². The lowest BCUT2D eigenvalue weighted by molar-refractivity contribution is -0.968. The van der Waals surface area contributed by atoms with E-state index in [2.05, 4.69) is 27.7 Å². The van der Waals surface area contributed by atoms with Crippen LogP contribution in [-0.2, 0) is 0 Å². The van der Waals surface area contributed by atoms with Gasteiger partial charge in [0.2, 0.25) is 0 Å². The predicted octanol–water partition coefficient (Wildman–Crippen LogP) is 7.05. The summed E-state index contributed by atoms with van der Waals surface area (Å²) in [4.78, 5) is 0. The Hall–Kier alpha value is -0.0800. The second kappa shape index (κ2) is 17.3. The van der Waals surface area contributed by atoms with E-state index in [1.54, 1.807) is 0 Å². The van der Waals surface area contributed by atoms with E-state index in [9.17, 15) is 5.11 Å². The summed E-state index contributed by atoms with van der Waals surface area (Å²) in [6.45, 7) is 12.1. The molecule has 0 radical (unpaired) electrons. The molecule has 0 heterocycles. The molecule has 0 aromatic rings. The van der Waals surface area contributed by atoms with Gasteiger partial charge in [-0.2, -0.15) is 0 Å². The number of rotatable bonds is 19. The predicted molar refractivity (Wildman–Crippen MR) is 113 cm³/mol. The molecule has 0 saturated carbocycles. The molecule has 0 aliphatic carbocycles. The highest BCUT2D eigenvalue weighted by atomic mass is 16.3. The number of nitrogens with zero attached hydrogens (tertiary/aromatic N) is 1. The lowest BCUT2D eigenvalue weighted by Crippen LogP contribution is -2.55. The van der Waals surface area contributed by atoms with E-state index in [1.165, 1.54) is 89.9 Å². The van der Waals surface area contributed by atoms with Crippen molar-refractivity contribution >= 4 is 0 Å². The first kappa shape index (κ1) is 24.9. The van der Waals surface area contributed by atoms with E-state index in [-0.39, 0.29) is 6.23 Å². The van der Waals surface area contributed by atoms with E-state index >= 15 is 0 Å². The van der Waals surface area contributed by atoms with E-state index in [1.807, 2.05) is 0 Å². The minimum Gasteiger partial charge on any atom is -0.345 e. The van der Waals surface area contributed by atoms with Crippen LogP contribution in [-0.4, -0.2) is 35.5 Å². The third kappa shape index (κ3) is 12.0. The maximum Gasteiger partial charge on any atom is 0.190 e. The summed E-state index contributed by atoms with van der Waals surface area (Å²) in [5.74, 6) is 0. The van der Waals surface area contributed by atoms with Gasteiger partial charge in [0.1, 0.15) is 0 Å². The van der Waals surface area contributed by atoms with Crippen molar-refractivity contribution in [3.05, 3.63) is 0 Å². The van der Waals surface area contributed by atoms with Crippen molar-refractivity contribution in [3.8, 4) is 0 Å². The van der Waals surface area contributed by atoms with Crippen LogP contribution in [0.4, 0.5) is 0 Å². The fourth-order valence-corrected chi connectivity index (χ4v) is 4.12. The summed E-state index contributed by atoms with van der Waals surface area (Å²) in [6.07, 6.45) is 20.5. The van der Waals surface area contributed by atoms with E-state index in [0.717, 1.165) is 30.5 Å². The standard InChI is InChI=1S/C23H50NO/c1-5-9-10-11-12-13-14-15-16-17-18-19-20-21-22-24(7-3,8-4)23(25)6-2/h23,25H,5-22H2,1-4H3/q+1. The summed E-state index contributed by atoms with van der Waals surface area (Å²) < 4.78 is 0.898. The summed E-state index contributed by atoms with van der Waals surface area (Å²) in [5.41, 5.74) is 0. The first-order valence-electron chi connectivity index (χ1n) is 11.7. The summed E-state index contributed by atoms with van der Waals surface area (Å²) in [6, 6.07) is 0. The molecule has 0 aliphatic rings. The number of quaternary nitrogens is 1. The lowest BCUT2D eigenvalue weighted by atomic mass is 10.0. The van der Waals surface area contributed by atoms with Crippen LogP contribution in [0, 0.1) is 0 Å². The Kier molecular flexibility index (Phi) is 17.3. The van der Waals surface area contributed by atoms with Crippen molar-refractivity contribution in [2.45, 2.75) is 130 Å². The van der Waals surface area contributed by atoms with Gasteiger partial charge in [0.15, 0.2) is 6.23 Å². The molecule has 0 rings (SSSR count). The molecule has 0 aromatic heterocycles. The van der Waals surface area contributed by atoms with E-state index in [0.29, 0.717) is 0 Å². The maximum atomic E-state index is 10.3. The highest BCUT2D eigenvalue weighted by Crippen LogP contribution is 2.18. The fraction of sp³-hybridized carbons (Fsp3) is 1.00. The first-order valence-corrected chi connectivity index (χ1v) is 11.7. The third-order valence-corrected chi connectivity index (χ3v) is 6.21. The SMILES string of the molecule is CCCCCCCCCCCCCCCC[N+](CC)(CC)C(O)CC. The number of aliphatic hydroxyl groups is 1. The van der Waals surface area contributed by atoms with Gasteiger partial charge in [0.05, 0.1) is 19.6 Å². The maximum absolute atomic E-state index is 10.3.